The van der Waals surface area contributed by atoms with Gasteiger partial charge in [-0.15, -0.1) is 24.0 Å². The molecule has 1 saturated heterocycles. The minimum absolute atomic E-state index is 0. The molecule has 1 aromatic rings. The summed E-state index contributed by atoms with van der Waals surface area (Å²) in [7, 11) is 0. The molecule has 1 aliphatic heterocycles. The summed E-state index contributed by atoms with van der Waals surface area (Å²) < 4.78 is 5.40. The largest absolute Gasteiger partial charge is 0.379 e. The van der Waals surface area contributed by atoms with Gasteiger partial charge >= 0.3 is 0 Å². The Balaban J connectivity index is 0.00000392. The molecule has 1 fully saturated rings. The zero-order valence-corrected chi connectivity index (χ0v) is 20.1. The van der Waals surface area contributed by atoms with Crippen LogP contribution in [0.25, 0.3) is 0 Å². The molecule has 0 unspecified atom stereocenters. The number of nitrogens with one attached hydrogen (secondary N) is 2. The summed E-state index contributed by atoms with van der Waals surface area (Å²) in [6, 6.07) is 8.78. The number of halogens is 1. The molecule has 1 heterocycles. The first-order chi connectivity index (χ1) is 13.2. The third-order valence-electron chi connectivity index (χ3n) is 4.88. The molecule has 2 N–H and O–H groups in total. The smallest absolute Gasteiger partial charge is 0.191 e. The van der Waals surface area contributed by atoms with Gasteiger partial charge in [0.05, 0.1) is 19.8 Å². The molecule has 0 spiro atoms. The fourth-order valence-electron chi connectivity index (χ4n) is 3.20. The van der Waals surface area contributed by atoms with Gasteiger partial charge in [0.2, 0.25) is 0 Å². The van der Waals surface area contributed by atoms with Crippen molar-refractivity contribution in [3.8, 4) is 0 Å². The second-order valence-electron chi connectivity index (χ2n) is 6.86. The Hall–Kier alpha value is -0.900. The number of hydrogen-bond acceptors (Lipinski definition) is 4. The normalized spacial score (nSPS) is 15.4. The van der Waals surface area contributed by atoms with Gasteiger partial charge in [-0.2, -0.15) is 0 Å². The highest BCUT2D eigenvalue weighted by Crippen LogP contribution is 2.09. The molecular weight excluding hydrogens is 465 g/mol. The van der Waals surface area contributed by atoms with Crippen LogP contribution >= 0.6 is 24.0 Å². The molecule has 28 heavy (non-hydrogen) atoms. The lowest BCUT2D eigenvalue weighted by atomic mass is 10.1. The number of rotatable bonds is 10. The molecule has 0 saturated carbocycles. The zero-order valence-electron chi connectivity index (χ0n) is 17.7. The summed E-state index contributed by atoms with van der Waals surface area (Å²) in [5.74, 6) is 0.889. The molecule has 0 bridgehead atoms. The van der Waals surface area contributed by atoms with Crippen molar-refractivity contribution in [3.05, 3.63) is 35.4 Å². The Morgan fingerprint density at radius 1 is 1.11 bits per heavy atom. The number of aliphatic imine (C=N–C) groups is 1. The van der Waals surface area contributed by atoms with E-state index >= 15 is 0 Å². The van der Waals surface area contributed by atoms with Crippen molar-refractivity contribution >= 4 is 29.9 Å². The molecule has 0 atom stereocenters. The van der Waals surface area contributed by atoms with E-state index in [1.807, 2.05) is 0 Å². The fraction of sp³-hybridized carbons (Fsp3) is 0.667. The van der Waals surface area contributed by atoms with Crippen molar-refractivity contribution < 1.29 is 4.74 Å². The Bertz CT molecular complexity index is 559. The molecule has 0 amide bonds. The average Bonchev–Trinajstić information content (AvgIpc) is 2.71. The second-order valence-corrected chi connectivity index (χ2v) is 6.86. The van der Waals surface area contributed by atoms with Gasteiger partial charge in [-0.1, -0.05) is 38.1 Å². The van der Waals surface area contributed by atoms with Crippen LogP contribution in [0.1, 0.15) is 31.9 Å². The van der Waals surface area contributed by atoms with Crippen molar-refractivity contribution in [1.82, 2.24) is 20.4 Å². The maximum absolute atomic E-state index is 5.40. The minimum Gasteiger partial charge on any atom is -0.379 e. The van der Waals surface area contributed by atoms with Crippen LogP contribution in [0.5, 0.6) is 0 Å². The Morgan fingerprint density at radius 2 is 1.82 bits per heavy atom. The minimum atomic E-state index is 0. The lowest BCUT2D eigenvalue weighted by Crippen LogP contribution is -2.44. The fourth-order valence-corrected chi connectivity index (χ4v) is 3.20. The van der Waals surface area contributed by atoms with Gasteiger partial charge in [0.25, 0.3) is 0 Å². The van der Waals surface area contributed by atoms with Gasteiger partial charge in [0.1, 0.15) is 0 Å². The van der Waals surface area contributed by atoms with Crippen molar-refractivity contribution in [1.29, 1.82) is 0 Å². The number of nitrogens with zero attached hydrogens (tertiary/aromatic N) is 3. The van der Waals surface area contributed by atoms with Crippen LogP contribution < -0.4 is 10.6 Å². The highest BCUT2D eigenvalue weighted by molar-refractivity contribution is 14.0. The number of hydrogen-bond donors (Lipinski definition) is 2. The quantitative estimate of drug-likeness (QED) is 0.292. The SMILES string of the molecule is CCNC(=NCc1cccc(CN(CC)CC)c1)NCCN1CCOCC1.I. The van der Waals surface area contributed by atoms with E-state index in [0.29, 0.717) is 6.54 Å². The van der Waals surface area contributed by atoms with Gasteiger partial charge in [-0.05, 0) is 31.1 Å². The molecule has 7 heteroatoms. The van der Waals surface area contributed by atoms with Crippen LogP contribution in [-0.4, -0.2) is 74.8 Å². The van der Waals surface area contributed by atoms with Crippen molar-refractivity contribution in [2.24, 2.45) is 4.99 Å². The molecular formula is C21H38IN5O. The summed E-state index contributed by atoms with van der Waals surface area (Å²) in [5, 5.41) is 6.79. The van der Waals surface area contributed by atoms with Gasteiger partial charge in [0.15, 0.2) is 5.96 Å². The van der Waals surface area contributed by atoms with Crippen molar-refractivity contribution in [2.45, 2.75) is 33.9 Å². The standard InChI is InChI=1S/C21H37N5O.HI/c1-4-22-21(23-10-11-26-12-14-27-15-13-26)24-17-19-8-7-9-20(16-19)18-25(5-2)6-3;/h7-9,16H,4-6,10-15,17-18H2,1-3H3,(H2,22,23,24);1H. The highest BCUT2D eigenvalue weighted by atomic mass is 127. The summed E-state index contributed by atoms with van der Waals surface area (Å²) >= 11 is 0. The predicted molar refractivity (Wildman–Crippen MR) is 129 cm³/mol. The molecule has 0 aliphatic carbocycles. The number of morpholine rings is 1. The van der Waals surface area contributed by atoms with Gasteiger partial charge in [0, 0.05) is 39.3 Å². The maximum atomic E-state index is 5.40. The van der Waals surface area contributed by atoms with E-state index < -0.39 is 0 Å². The molecule has 1 aromatic carbocycles. The molecule has 0 radical (unpaired) electrons. The topological polar surface area (TPSA) is 52.1 Å². The summed E-state index contributed by atoms with van der Waals surface area (Å²) in [5.41, 5.74) is 2.61. The Kier molecular flexibility index (Phi) is 13.5. The van der Waals surface area contributed by atoms with Crippen LogP contribution in [-0.2, 0) is 17.8 Å². The lowest BCUT2D eigenvalue weighted by Gasteiger charge is -2.26. The van der Waals surface area contributed by atoms with E-state index in [1.54, 1.807) is 0 Å². The first-order valence-electron chi connectivity index (χ1n) is 10.4. The number of benzene rings is 1. The molecule has 2 rings (SSSR count). The van der Waals surface area contributed by atoms with Crippen LogP contribution in [0.4, 0.5) is 0 Å². The molecule has 6 nitrogen and oxygen atoms in total. The maximum Gasteiger partial charge on any atom is 0.191 e. The van der Waals surface area contributed by atoms with E-state index in [9.17, 15) is 0 Å². The van der Waals surface area contributed by atoms with Crippen molar-refractivity contribution in [2.75, 3.05) is 59.0 Å². The van der Waals surface area contributed by atoms with Crippen molar-refractivity contribution in [3.63, 3.8) is 0 Å². The predicted octanol–water partition coefficient (Wildman–Crippen LogP) is 2.53. The average molecular weight is 503 g/mol. The summed E-state index contributed by atoms with van der Waals surface area (Å²) in [6.45, 7) is 16.9. The summed E-state index contributed by atoms with van der Waals surface area (Å²) in [4.78, 5) is 9.62. The van der Waals surface area contributed by atoms with Gasteiger partial charge < -0.3 is 15.4 Å². The Morgan fingerprint density at radius 3 is 2.50 bits per heavy atom. The third kappa shape index (κ3) is 9.54. The van der Waals surface area contributed by atoms with Crippen LogP contribution in [0.15, 0.2) is 29.3 Å². The van der Waals surface area contributed by atoms with Gasteiger partial charge in [-0.3, -0.25) is 9.80 Å². The second kappa shape index (κ2) is 15.0. The van der Waals surface area contributed by atoms with E-state index in [4.69, 9.17) is 9.73 Å². The van der Waals surface area contributed by atoms with Gasteiger partial charge in [-0.25, -0.2) is 4.99 Å². The monoisotopic (exact) mass is 503 g/mol. The van der Waals surface area contributed by atoms with E-state index in [1.165, 1.54) is 11.1 Å². The first-order valence-corrected chi connectivity index (χ1v) is 10.4. The lowest BCUT2D eigenvalue weighted by molar-refractivity contribution is 0.0389. The number of guanidine groups is 1. The third-order valence-corrected chi connectivity index (χ3v) is 4.88. The zero-order chi connectivity index (χ0) is 19.3. The molecule has 1 aliphatic rings. The van der Waals surface area contributed by atoms with E-state index in [2.05, 4.69) is 65.5 Å². The van der Waals surface area contributed by atoms with Crippen LogP contribution in [0, 0.1) is 0 Å². The number of ether oxygens (including phenoxy) is 1. The van der Waals surface area contributed by atoms with E-state index in [-0.39, 0.29) is 24.0 Å². The summed E-state index contributed by atoms with van der Waals surface area (Å²) in [6.07, 6.45) is 0. The van der Waals surface area contributed by atoms with Crippen LogP contribution in [0.3, 0.4) is 0 Å². The van der Waals surface area contributed by atoms with Crippen LogP contribution in [0.2, 0.25) is 0 Å². The molecule has 160 valence electrons. The molecule has 0 aromatic heterocycles. The Labute approximate surface area is 188 Å². The van der Waals surface area contributed by atoms with E-state index in [0.717, 1.165) is 71.5 Å². The first kappa shape index (κ1) is 25.1. The highest BCUT2D eigenvalue weighted by Gasteiger charge is 2.09.